The van der Waals surface area contributed by atoms with Crippen molar-refractivity contribution in [2.75, 3.05) is 18.3 Å². The topological polar surface area (TPSA) is 105 Å². The quantitative estimate of drug-likeness (QED) is 0.331. The van der Waals surface area contributed by atoms with E-state index in [1.165, 1.54) is 12.8 Å². The molecule has 1 saturated carbocycles. The second-order valence-electron chi connectivity index (χ2n) is 10.3. The Morgan fingerprint density at radius 1 is 1.13 bits per heavy atom. The first kappa shape index (κ1) is 27.9. The van der Waals surface area contributed by atoms with Gasteiger partial charge in [-0.15, -0.1) is 0 Å². The molecule has 1 heterocycles. The summed E-state index contributed by atoms with van der Waals surface area (Å²) in [4.78, 5) is 15.3. The first-order valence-electron chi connectivity index (χ1n) is 13.2. The zero-order valence-corrected chi connectivity index (χ0v) is 23.6. The van der Waals surface area contributed by atoms with Gasteiger partial charge in [0, 0.05) is 31.3 Å². The molecule has 4 rings (SSSR count). The third kappa shape index (κ3) is 6.27. The second-order valence-corrected chi connectivity index (χ2v) is 12.0. The fourth-order valence-corrected chi connectivity index (χ4v) is 6.01. The Kier molecular flexibility index (Phi) is 8.57. The number of benzene rings is 2. The number of carbonyl (C=O) groups excluding carboxylic acids is 1. The van der Waals surface area contributed by atoms with E-state index in [4.69, 9.17) is 4.52 Å². The second kappa shape index (κ2) is 11.7. The van der Waals surface area contributed by atoms with Gasteiger partial charge < -0.3 is 9.84 Å². The monoisotopic (exact) mass is 538 g/mol. The average Bonchev–Trinajstić information content (AvgIpc) is 3.69. The molecule has 9 heteroatoms. The minimum absolute atomic E-state index is 0.0563. The summed E-state index contributed by atoms with van der Waals surface area (Å²) in [5.41, 5.74) is 3.13. The molecule has 0 spiro atoms. The molecule has 8 nitrogen and oxygen atoms in total. The fourth-order valence-electron chi connectivity index (χ4n) is 4.72. The number of aromatic nitrogens is 1. The number of likely N-dealkylation sites (N-methyl/N-ethyl adjacent to an activating group) is 1. The smallest absolute Gasteiger partial charge is 0.263 e. The molecule has 0 saturated heterocycles. The minimum Gasteiger partial charge on any atom is -0.359 e. The highest BCUT2D eigenvalue weighted by Gasteiger charge is 2.34. The molecule has 2 aromatic carbocycles. The average molecular weight is 539 g/mol. The van der Waals surface area contributed by atoms with Crippen molar-refractivity contribution in [1.82, 2.24) is 15.4 Å². The van der Waals surface area contributed by atoms with Gasteiger partial charge in [0.2, 0.25) is 5.91 Å². The highest BCUT2D eigenvalue weighted by molar-refractivity contribution is 7.92. The number of nitrogens with one attached hydrogen (secondary N) is 2. The van der Waals surface area contributed by atoms with Crippen molar-refractivity contribution in [3.63, 3.8) is 0 Å². The Balaban J connectivity index is 1.59. The van der Waals surface area contributed by atoms with Crippen LogP contribution in [0.4, 0.5) is 5.82 Å². The number of rotatable bonds is 12. The van der Waals surface area contributed by atoms with Gasteiger partial charge in [-0.2, -0.15) is 0 Å². The molecule has 1 fully saturated rings. The summed E-state index contributed by atoms with van der Waals surface area (Å²) in [5.74, 6) is 1.69. The van der Waals surface area contributed by atoms with Crippen LogP contribution in [0.1, 0.15) is 50.0 Å². The molecule has 1 aromatic heterocycles. The molecular formula is C29H38N4O4S. The first-order valence-corrected chi connectivity index (χ1v) is 14.7. The fraction of sp³-hybridized carbons (Fsp3) is 0.448. The van der Waals surface area contributed by atoms with Crippen LogP contribution in [-0.4, -0.2) is 44.0 Å². The Labute approximate surface area is 225 Å². The normalized spacial score (nSPS) is 15.3. The predicted octanol–water partition coefficient (Wildman–Crippen LogP) is 5.13. The van der Waals surface area contributed by atoms with Crippen LogP contribution in [-0.2, 0) is 21.4 Å². The van der Waals surface area contributed by atoms with Gasteiger partial charge in [0.25, 0.3) is 10.0 Å². The molecule has 38 heavy (non-hydrogen) atoms. The molecule has 0 bridgehead atoms. The third-order valence-corrected chi connectivity index (χ3v) is 8.89. The van der Waals surface area contributed by atoms with Gasteiger partial charge in [0.05, 0.1) is 10.9 Å². The summed E-state index contributed by atoms with van der Waals surface area (Å²) < 4.78 is 34.3. The molecule has 3 aromatic rings. The SMILES string of the molecule is CC[C@H](C)[C@@H](C(=O)NC)N(Cc1ccc(-c2ccccc2S(=O)(=O)Nc2noc(C)c2C)cc1)CC1CC1. The molecule has 1 aliphatic rings. The highest BCUT2D eigenvalue weighted by atomic mass is 32.2. The summed E-state index contributed by atoms with van der Waals surface area (Å²) in [6.45, 7) is 9.31. The van der Waals surface area contributed by atoms with Gasteiger partial charge in [0.1, 0.15) is 5.76 Å². The molecule has 2 N–H and O–H groups in total. The molecular weight excluding hydrogens is 500 g/mol. The largest absolute Gasteiger partial charge is 0.359 e. The molecule has 204 valence electrons. The van der Waals surface area contributed by atoms with Crippen molar-refractivity contribution in [3.8, 4) is 11.1 Å². The lowest BCUT2D eigenvalue weighted by atomic mass is 9.95. The van der Waals surface area contributed by atoms with Crippen LogP contribution in [0.25, 0.3) is 11.1 Å². The van der Waals surface area contributed by atoms with Crippen LogP contribution in [0.2, 0.25) is 0 Å². The van der Waals surface area contributed by atoms with E-state index in [-0.39, 0.29) is 28.6 Å². The van der Waals surface area contributed by atoms with E-state index in [1.54, 1.807) is 39.1 Å². The van der Waals surface area contributed by atoms with Gasteiger partial charge in [-0.25, -0.2) is 8.42 Å². The van der Waals surface area contributed by atoms with E-state index < -0.39 is 10.0 Å². The zero-order valence-electron chi connectivity index (χ0n) is 22.8. The van der Waals surface area contributed by atoms with E-state index in [0.29, 0.717) is 29.3 Å². The lowest BCUT2D eigenvalue weighted by Crippen LogP contribution is -2.50. The first-order chi connectivity index (χ1) is 18.1. The molecule has 0 radical (unpaired) electrons. The molecule has 0 unspecified atom stereocenters. The summed E-state index contributed by atoms with van der Waals surface area (Å²) in [5, 5.41) is 6.70. The van der Waals surface area contributed by atoms with E-state index in [0.717, 1.165) is 24.1 Å². The van der Waals surface area contributed by atoms with E-state index in [2.05, 4.69) is 33.9 Å². The molecule has 2 atom stereocenters. The standard InChI is InChI=1S/C29H38N4O4S/c1-6-19(2)27(29(34)30-5)33(17-22-11-12-22)18-23-13-15-24(16-14-23)25-9-7-8-10-26(25)38(35,36)32-28-20(3)21(4)37-31-28/h7-10,13-16,19,22,27H,6,11-12,17-18H2,1-5H3,(H,30,34)(H,31,32)/t19-,27-/m0/s1. The van der Waals surface area contributed by atoms with E-state index in [9.17, 15) is 13.2 Å². The number of nitrogens with zero attached hydrogens (tertiary/aromatic N) is 2. The van der Waals surface area contributed by atoms with Crippen LogP contribution in [0.3, 0.4) is 0 Å². The lowest BCUT2D eigenvalue weighted by Gasteiger charge is -2.34. The van der Waals surface area contributed by atoms with Gasteiger partial charge >= 0.3 is 0 Å². The predicted molar refractivity (Wildman–Crippen MR) is 149 cm³/mol. The maximum Gasteiger partial charge on any atom is 0.263 e. The number of amides is 1. The van der Waals surface area contributed by atoms with Crippen LogP contribution >= 0.6 is 0 Å². The summed E-state index contributed by atoms with van der Waals surface area (Å²) >= 11 is 0. The van der Waals surface area contributed by atoms with Crippen LogP contribution in [0.5, 0.6) is 0 Å². The Morgan fingerprint density at radius 2 is 1.82 bits per heavy atom. The van der Waals surface area contributed by atoms with Gasteiger partial charge in [0.15, 0.2) is 5.82 Å². The summed E-state index contributed by atoms with van der Waals surface area (Å²) in [6, 6.07) is 14.7. The van der Waals surface area contributed by atoms with Crippen LogP contribution in [0.15, 0.2) is 57.9 Å². The maximum absolute atomic E-state index is 13.3. The van der Waals surface area contributed by atoms with Crippen molar-refractivity contribution >= 4 is 21.7 Å². The number of aryl methyl sites for hydroxylation is 1. The van der Waals surface area contributed by atoms with Crippen LogP contribution < -0.4 is 10.0 Å². The minimum atomic E-state index is -3.90. The van der Waals surface area contributed by atoms with Gasteiger partial charge in [-0.3, -0.25) is 14.4 Å². The summed E-state index contributed by atoms with van der Waals surface area (Å²) in [7, 11) is -2.20. The molecule has 1 amide bonds. The van der Waals surface area contributed by atoms with Crippen molar-refractivity contribution in [3.05, 3.63) is 65.4 Å². The third-order valence-electron chi connectivity index (χ3n) is 7.50. The summed E-state index contributed by atoms with van der Waals surface area (Å²) in [6.07, 6.45) is 3.34. The van der Waals surface area contributed by atoms with Crippen molar-refractivity contribution in [2.45, 2.75) is 64.4 Å². The number of sulfonamides is 1. The van der Waals surface area contributed by atoms with E-state index in [1.807, 2.05) is 30.3 Å². The zero-order chi connectivity index (χ0) is 27.4. The van der Waals surface area contributed by atoms with Crippen LogP contribution in [0, 0.1) is 25.7 Å². The van der Waals surface area contributed by atoms with Crippen molar-refractivity contribution in [1.29, 1.82) is 0 Å². The van der Waals surface area contributed by atoms with Gasteiger partial charge in [-0.1, -0.05) is 67.9 Å². The van der Waals surface area contributed by atoms with E-state index >= 15 is 0 Å². The Hall–Kier alpha value is -3.17. The number of anilines is 1. The number of hydrogen-bond donors (Lipinski definition) is 2. The van der Waals surface area contributed by atoms with Crippen molar-refractivity contribution in [2.24, 2.45) is 11.8 Å². The molecule has 0 aliphatic heterocycles. The van der Waals surface area contributed by atoms with Gasteiger partial charge in [-0.05, 0) is 55.7 Å². The maximum atomic E-state index is 13.3. The lowest BCUT2D eigenvalue weighted by molar-refractivity contribution is -0.128. The Morgan fingerprint density at radius 3 is 2.39 bits per heavy atom. The highest BCUT2D eigenvalue weighted by Crippen LogP contribution is 2.33. The number of hydrogen-bond acceptors (Lipinski definition) is 6. The van der Waals surface area contributed by atoms with Crippen molar-refractivity contribution < 1.29 is 17.7 Å². The number of carbonyl (C=O) groups is 1. The molecule has 1 aliphatic carbocycles. The Bertz CT molecular complexity index is 1360.